The molecule has 0 atom stereocenters. The number of hydrogen-bond donors (Lipinski definition) is 0. The van der Waals surface area contributed by atoms with Gasteiger partial charge in [-0.25, -0.2) is 4.79 Å². The molecule has 0 aliphatic heterocycles. The topological polar surface area (TPSA) is 38.8 Å². The first-order valence-electron chi connectivity index (χ1n) is 10.1. The first-order chi connectivity index (χ1) is 14.7. The average molecular weight is 399 g/mol. The molecule has 0 aromatic heterocycles. The van der Waals surface area contributed by atoms with Gasteiger partial charge in [0.25, 0.3) is 0 Å². The molecule has 4 heteroatoms. The van der Waals surface area contributed by atoms with Crippen molar-refractivity contribution in [1.82, 2.24) is 4.90 Å². The summed E-state index contributed by atoms with van der Waals surface area (Å²) in [6.45, 7) is 4.91. The van der Waals surface area contributed by atoms with Crippen molar-refractivity contribution in [2.45, 2.75) is 12.5 Å². The highest BCUT2D eigenvalue weighted by Crippen LogP contribution is 2.44. The Hall–Kier alpha value is -3.53. The van der Waals surface area contributed by atoms with Gasteiger partial charge in [-0.3, -0.25) is 0 Å². The zero-order valence-corrected chi connectivity index (χ0v) is 17.1. The Labute approximate surface area is 177 Å². The molecule has 0 saturated carbocycles. The molecule has 4 nitrogen and oxygen atoms in total. The summed E-state index contributed by atoms with van der Waals surface area (Å²) in [4.78, 5) is 14.2. The first-order valence-corrected chi connectivity index (χ1v) is 10.1. The second-order valence-electron chi connectivity index (χ2n) is 7.40. The molecule has 30 heavy (non-hydrogen) atoms. The van der Waals surface area contributed by atoms with Gasteiger partial charge in [0, 0.05) is 19.5 Å². The van der Waals surface area contributed by atoms with Crippen LogP contribution in [0.4, 0.5) is 4.79 Å². The zero-order valence-electron chi connectivity index (χ0n) is 17.1. The molecule has 3 aromatic carbocycles. The summed E-state index contributed by atoms with van der Waals surface area (Å²) >= 11 is 0. The summed E-state index contributed by atoms with van der Waals surface area (Å²) in [7, 11) is 1.75. The number of hydrogen-bond acceptors (Lipinski definition) is 3. The molecule has 0 unspecified atom stereocenters. The third-order valence-corrected chi connectivity index (χ3v) is 5.36. The largest absolute Gasteiger partial charge is 0.490 e. The Morgan fingerprint density at radius 2 is 1.57 bits per heavy atom. The Kier molecular flexibility index (Phi) is 5.84. The molecular formula is C26H25NO3. The minimum Gasteiger partial charge on any atom is -0.490 e. The molecule has 4 rings (SSSR count). The number of carbonyl (C=O) groups excluding carboxylic acids is 1. The molecule has 0 spiro atoms. The van der Waals surface area contributed by atoms with Crippen LogP contribution in [0.3, 0.4) is 0 Å². The lowest BCUT2D eigenvalue weighted by molar-refractivity contribution is 0.106. The summed E-state index contributed by atoms with van der Waals surface area (Å²) in [5, 5.41) is 0. The molecule has 152 valence electrons. The van der Waals surface area contributed by atoms with E-state index in [0.29, 0.717) is 19.8 Å². The van der Waals surface area contributed by atoms with Gasteiger partial charge in [-0.15, -0.1) is 0 Å². The molecule has 1 aliphatic carbocycles. The molecule has 3 aromatic rings. The molecule has 0 radical (unpaired) electrons. The van der Waals surface area contributed by atoms with Crippen LogP contribution in [0.25, 0.3) is 11.1 Å². The van der Waals surface area contributed by atoms with E-state index in [1.807, 2.05) is 48.5 Å². The van der Waals surface area contributed by atoms with Crippen molar-refractivity contribution in [2.24, 2.45) is 0 Å². The van der Waals surface area contributed by atoms with Crippen LogP contribution in [-0.4, -0.2) is 31.3 Å². The highest BCUT2D eigenvalue weighted by atomic mass is 16.6. The minimum absolute atomic E-state index is 0.0658. The second kappa shape index (κ2) is 8.87. The molecule has 0 bridgehead atoms. The molecule has 0 N–H and O–H groups in total. The van der Waals surface area contributed by atoms with Gasteiger partial charge in [0.2, 0.25) is 0 Å². The maximum atomic E-state index is 12.6. The number of fused-ring (bicyclic) bond motifs is 3. The van der Waals surface area contributed by atoms with E-state index < -0.39 is 0 Å². The van der Waals surface area contributed by atoms with E-state index in [2.05, 4.69) is 30.8 Å². The number of amides is 1. The van der Waals surface area contributed by atoms with Gasteiger partial charge in [-0.2, -0.15) is 0 Å². The molecule has 0 heterocycles. The van der Waals surface area contributed by atoms with Crippen molar-refractivity contribution >= 4 is 6.09 Å². The summed E-state index contributed by atoms with van der Waals surface area (Å²) in [6.07, 6.45) is 1.38. The lowest BCUT2D eigenvalue weighted by Gasteiger charge is -2.20. The number of ether oxygens (including phenoxy) is 2. The quantitative estimate of drug-likeness (QED) is 0.483. The van der Waals surface area contributed by atoms with Crippen LogP contribution in [0.5, 0.6) is 5.75 Å². The third-order valence-electron chi connectivity index (χ3n) is 5.36. The fourth-order valence-electron chi connectivity index (χ4n) is 3.89. The number of rotatable bonds is 7. The van der Waals surface area contributed by atoms with Gasteiger partial charge in [-0.05, 0) is 39.9 Å². The predicted octanol–water partition coefficient (Wildman–Crippen LogP) is 5.63. The van der Waals surface area contributed by atoms with Crippen molar-refractivity contribution in [3.63, 3.8) is 0 Å². The van der Waals surface area contributed by atoms with Crippen molar-refractivity contribution in [3.8, 4) is 16.9 Å². The SMILES string of the molecule is C=CCOc1ccc(CN(C)C(=O)OCC2c3ccccc3-c3ccccc32)cc1. The van der Waals surface area contributed by atoms with E-state index in [1.165, 1.54) is 22.3 Å². The molecule has 0 saturated heterocycles. The van der Waals surface area contributed by atoms with E-state index in [4.69, 9.17) is 9.47 Å². The Bertz CT molecular complexity index is 997. The van der Waals surface area contributed by atoms with E-state index in [0.717, 1.165) is 11.3 Å². The summed E-state index contributed by atoms with van der Waals surface area (Å²) in [5.41, 5.74) is 5.88. The lowest BCUT2D eigenvalue weighted by Crippen LogP contribution is -2.28. The van der Waals surface area contributed by atoms with Crippen LogP contribution in [0.1, 0.15) is 22.6 Å². The summed E-state index contributed by atoms with van der Waals surface area (Å²) in [5.74, 6) is 0.846. The normalized spacial score (nSPS) is 12.0. The van der Waals surface area contributed by atoms with E-state index in [9.17, 15) is 4.79 Å². The predicted molar refractivity (Wildman–Crippen MR) is 119 cm³/mol. The number of nitrogens with zero attached hydrogens (tertiary/aromatic N) is 1. The monoisotopic (exact) mass is 399 g/mol. The minimum atomic E-state index is -0.330. The van der Waals surface area contributed by atoms with E-state index >= 15 is 0 Å². The van der Waals surface area contributed by atoms with Crippen molar-refractivity contribution in [1.29, 1.82) is 0 Å². The van der Waals surface area contributed by atoms with E-state index in [-0.39, 0.29) is 12.0 Å². The van der Waals surface area contributed by atoms with Crippen molar-refractivity contribution in [3.05, 3.63) is 102 Å². The number of carbonyl (C=O) groups is 1. The zero-order chi connectivity index (χ0) is 20.9. The van der Waals surface area contributed by atoms with Crippen LogP contribution in [0.2, 0.25) is 0 Å². The van der Waals surface area contributed by atoms with Gasteiger partial charge in [0.15, 0.2) is 0 Å². The molecular weight excluding hydrogens is 374 g/mol. The Balaban J connectivity index is 1.38. The lowest BCUT2D eigenvalue weighted by atomic mass is 9.98. The summed E-state index contributed by atoms with van der Waals surface area (Å²) < 4.78 is 11.2. The molecule has 0 fully saturated rings. The second-order valence-corrected chi connectivity index (χ2v) is 7.40. The highest BCUT2D eigenvalue weighted by Gasteiger charge is 2.29. The summed E-state index contributed by atoms with van der Waals surface area (Å²) in [6, 6.07) is 24.3. The van der Waals surface area contributed by atoms with Crippen LogP contribution in [-0.2, 0) is 11.3 Å². The van der Waals surface area contributed by atoms with Gasteiger partial charge >= 0.3 is 6.09 Å². The maximum absolute atomic E-state index is 12.6. The maximum Gasteiger partial charge on any atom is 0.409 e. The smallest absolute Gasteiger partial charge is 0.409 e. The van der Waals surface area contributed by atoms with Crippen molar-refractivity contribution in [2.75, 3.05) is 20.3 Å². The van der Waals surface area contributed by atoms with Gasteiger partial charge in [-0.1, -0.05) is 73.3 Å². The van der Waals surface area contributed by atoms with E-state index in [1.54, 1.807) is 18.0 Å². The van der Waals surface area contributed by atoms with Crippen molar-refractivity contribution < 1.29 is 14.3 Å². The fraction of sp³-hybridized carbons (Fsp3) is 0.192. The van der Waals surface area contributed by atoms with Crippen LogP contribution in [0.15, 0.2) is 85.5 Å². The average Bonchev–Trinajstić information content (AvgIpc) is 3.11. The highest BCUT2D eigenvalue weighted by molar-refractivity contribution is 5.79. The molecule has 1 aliphatic rings. The first kappa shape index (κ1) is 19.8. The van der Waals surface area contributed by atoms with Gasteiger partial charge in [0.05, 0.1) is 0 Å². The fourth-order valence-corrected chi connectivity index (χ4v) is 3.89. The number of benzene rings is 3. The molecule has 1 amide bonds. The van der Waals surface area contributed by atoms with Crippen LogP contribution >= 0.6 is 0 Å². The van der Waals surface area contributed by atoms with Gasteiger partial charge < -0.3 is 14.4 Å². The van der Waals surface area contributed by atoms with Gasteiger partial charge in [0.1, 0.15) is 19.0 Å². The third kappa shape index (κ3) is 4.08. The van der Waals surface area contributed by atoms with Crippen LogP contribution < -0.4 is 4.74 Å². The Morgan fingerprint density at radius 3 is 2.17 bits per heavy atom. The Morgan fingerprint density at radius 1 is 0.967 bits per heavy atom. The van der Waals surface area contributed by atoms with Crippen LogP contribution in [0, 0.1) is 0 Å². The standard InChI is InChI=1S/C26H25NO3/c1-3-16-29-20-14-12-19(13-15-20)17-27(2)26(28)30-18-25-23-10-6-4-8-21(23)22-9-5-7-11-24(22)25/h3-15,25H,1,16-18H2,2H3.